The summed E-state index contributed by atoms with van der Waals surface area (Å²) in [6, 6.07) is 16.8. The van der Waals surface area contributed by atoms with Crippen molar-refractivity contribution in [2.45, 2.75) is 0 Å². The van der Waals surface area contributed by atoms with Gasteiger partial charge in [0.2, 0.25) is 11.6 Å². The second-order valence-corrected chi connectivity index (χ2v) is 8.76. The molecule has 3 aromatic carbocycles. The van der Waals surface area contributed by atoms with Gasteiger partial charge in [-0.2, -0.15) is 9.78 Å². The Kier molecular flexibility index (Phi) is 5.83. The van der Waals surface area contributed by atoms with Crippen molar-refractivity contribution in [3.05, 3.63) is 96.2 Å². The Morgan fingerprint density at radius 1 is 1.20 bits per heavy atom. The Bertz CT molecular complexity index is 1730. The third-order valence-corrected chi connectivity index (χ3v) is 5.94. The standard InChI is InChI=1S/C24H14BrClN4O5/c1-34-22-14(9-16(26)11-19(22)30(32)33)12-27-29-23(28-18-5-3-2-4-17(18)24(29)31)21-10-13-8-15(25)6-7-20(13)35-21/h2-12H,1H3. The van der Waals surface area contributed by atoms with Gasteiger partial charge < -0.3 is 9.15 Å². The first-order chi connectivity index (χ1) is 16.9. The van der Waals surface area contributed by atoms with E-state index in [-0.39, 0.29) is 27.8 Å². The predicted octanol–water partition coefficient (Wildman–Crippen LogP) is 6.02. The maximum Gasteiger partial charge on any atom is 0.313 e. The average Bonchev–Trinajstić information content (AvgIpc) is 3.26. The zero-order chi connectivity index (χ0) is 24.7. The first-order valence-corrected chi connectivity index (χ1v) is 11.3. The van der Waals surface area contributed by atoms with Gasteiger partial charge in [0, 0.05) is 26.5 Å². The number of hydrogen-bond donors (Lipinski definition) is 0. The fourth-order valence-electron chi connectivity index (χ4n) is 3.69. The Balaban J connectivity index is 1.75. The van der Waals surface area contributed by atoms with Crippen LogP contribution in [0.5, 0.6) is 5.75 Å². The molecule has 0 aliphatic rings. The summed E-state index contributed by atoms with van der Waals surface area (Å²) in [7, 11) is 1.30. The molecule has 35 heavy (non-hydrogen) atoms. The molecule has 0 N–H and O–H groups in total. The van der Waals surface area contributed by atoms with Crippen LogP contribution in [0.2, 0.25) is 5.02 Å². The first kappa shape index (κ1) is 22.8. The number of fused-ring (bicyclic) bond motifs is 2. The fraction of sp³-hybridized carbons (Fsp3) is 0.0417. The molecule has 0 radical (unpaired) electrons. The Morgan fingerprint density at radius 3 is 2.77 bits per heavy atom. The van der Waals surface area contributed by atoms with Crippen molar-refractivity contribution in [2.75, 3.05) is 7.11 Å². The average molecular weight is 554 g/mol. The normalized spacial score (nSPS) is 11.5. The highest BCUT2D eigenvalue weighted by molar-refractivity contribution is 9.10. The molecule has 2 aromatic heterocycles. The van der Waals surface area contributed by atoms with Crippen molar-refractivity contribution in [3.63, 3.8) is 0 Å². The summed E-state index contributed by atoms with van der Waals surface area (Å²) in [5.74, 6) is 0.440. The van der Waals surface area contributed by atoms with E-state index in [4.69, 9.17) is 20.8 Å². The summed E-state index contributed by atoms with van der Waals surface area (Å²) in [5.41, 5.74) is 0.517. The molecule has 0 spiro atoms. The Hall–Kier alpha value is -4.02. The number of aromatic nitrogens is 2. The van der Waals surface area contributed by atoms with Crippen molar-refractivity contribution >= 4 is 61.3 Å². The lowest BCUT2D eigenvalue weighted by atomic mass is 10.2. The number of hydrogen-bond acceptors (Lipinski definition) is 7. The maximum atomic E-state index is 13.4. The highest BCUT2D eigenvalue weighted by atomic mass is 79.9. The summed E-state index contributed by atoms with van der Waals surface area (Å²) >= 11 is 9.51. The van der Waals surface area contributed by atoms with Crippen LogP contribution in [-0.2, 0) is 0 Å². The lowest BCUT2D eigenvalue weighted by Crippen LogP contribution is -2.20. The number of benzene rings is 3. The molecule has 174 valence electrons. The van der Waals surface area contributed by atoms with Gasteiger partial charge in [0.05, 0.1) is 29.2 Å². The van der Waals surface area contributed by atoms with Crippen molar-refractivity contribution in [2.24, 2.45) is 5.10 Å². The van der Waals surface area contributed by atoms with E-state index in [0.717, 1.165) is 14.5 Å². The molecule has 0 bridgehead atoms. The fourth-order valence-corrected chi connectivity index (χ4v) is 4.29. The SMILES string of the molecule is COc1c(C=Nn2c(-c3cc4cc(Br)ccc4o3)nc3ccccc3c2=O)cc(Cl)cc1[N+](=O)[O-]. The number of nitrogens with zero attached hydrogens (tertiary/aromatic N) is 4. The highest BCUT2D eigenvalue weighted by Gasteiger charge is 2.21. The molecule has 0 aliphatic heterocycles. The molecular formula is C24H14BrClN4O5. The van der Waals surface area contributed by atoms with E-state index in [1.54, 1.807) is 36.4 Å². The zero-order valence-corrected chi connectivity index (χ0v) is 20.3. The topological polar surface area (TPSA) is 113 Å². The number of rotatable bonds is 5. The third kappa shape index (κ3) is 4.17. The van der Waals surface area contributed by atoms with Crippen molar-refractivity contribution < 1.29 is 14.1 Å². The highest BCUT2D eigenvalue weighted by Crippen LogP contribution is 2.34. The zero-order valence-electron chi connectivity index (χ0n) is 17.9. The summed E-state index contributed by atoms with van der Waals surface area (Å²) in [5, 5.41) is 17.0. The van der Waals surface area contributed by atoms with Gasteiger partial charge in [-0.1, -0.05) is 39.7 Å². The van der Waals surface area contributed by atoms with E-state index in [1.165, 1.54) is 25.5 Å². The molecular weight excluding hydrogens is 540 g/mol. The molecule has 11 heteroatoms. The van der Waals surface area contributed by atoms with Gasteiger partial charge in [-0.25, -0.2) is 4.98 Å². The van der Waals surface area contributed by atoms with Gasteiger partial charge in [0.25, 0.3) is 5.56 Å². The van der Waals surface area contributed by atoms with Crippen LogP contribution in [0.4, 0.5) is 5.69 Å². The van der Waals surface area contributed by atoms with Gasteiger partial charge in [-0.3, -0.25) is 14.9 Å². The number of methoxy groups -OCH3 is 1. The molecule has 0 amide bonds. The molecule has 0 saturated carbocycles. The van der Waals surface area contributed by atoms with Crippen LogP contribution in [0, 0.1) is 10.1 Å². The summed E-state index contributed by atoms with van der Waals surface area (Å²) < 4.78 is 13.2. The number of nitro groups is 1. The van der Waals surface area contributed by atoms with Crippen LogP contribution in [0.25, 0.3) is 33.5 Å². The minimum atomic E-state index is -0.607. The molecule has 0 saturated heterocycles. The number of halogens is 2. The van der Waals surface area contributed by atoms with E-state index in [2.05, 4.69) is 26.0 Å². The minimum Gasteiger partial charge on any atom is -0.490 e. The summed E-state index contributed by atoms with van der Waals surface area (Å²) in [6.45, 7) is 0. The van der Waals surface area contributed by atoms with E-state index in [1.807, 2.05) is 12.1 Å². The van der Waals surface area contributed by atoms with Gasteiger partial charge in [-0.05, 0) is 42.5 Å². The molecule has 5 rings (SSSR count). The van der Waals surface area contributed by atoms with Crippen molar-refractivity contribution in [1.29, 1.82) is 0 Å². The first-order valence-electron chi connectivity index (χ1n) is 10.1. The number of ether oxygens (including phenoxy) is 1. The number of para-hydroxylation sites is 1. The maximum absolute atomic E-state index is 13.4. The van der Waals surface area contributed by atoms with Gasteiger partial charge in [-0.15, -0.1) is 0 Å². The molecule has 2 heterocycles. The Labute approximate surface area is 210 Å². The quantitative estimate of drug-likeness (QED) is 0.149. The number of furan rings is 1. The lowest BCUT2D eigenvalue weighted by Gasteiger charge is -2.09. The van der Waals surface area contributed by atoms with Crippen LogP contribution in [0.3, 0.4) is 0 Å². The Morgan fingerprint density at radius 2 is 2.00 bits per heavy atom. The predicted molar refractivity (Wildman–Crippen MR) is 137 cm³/mol. The van der Waals surface area contributed by atoms with Crippen LogP contribution < -0.4 is 10.3 Å². The monoisotopic (exact) mass is 552 g/mol. The molecule has 0 fully saturated rings. The summed E-state index contributed by atoms with van der Waals surface area (Å²) in [6.07, 6.45) is 1.26. The van der Waals surface area contributed by atoms with Crippen LogP contribution in [-0.4, -0.2) is 27.9 Å². The van der Waals surface area contributed by atoms with Crippen molar-refractivity contribution in [3.8, 4) is 17.3 Å². The van der Waals surface area contributed by atoms with Crippen molar-refractivity contribution in [1.82, 2.24) is 9.66 Å². The van der Waals surface area contributed by atoms with Gasteiger partial charge in [0.1, 0.15) is 5.58 Å². The second-order valence-electron chi connectivity index (χ2n) is 7.41. The molecule has 0 aliphatic carbocycles. The van der Waals surface area contributed by atoms with E-state index < -0.39 is 10.5 Å². The largest absolute Gasteiger partial charge is 0.490 e. The molecule has 0 unspecified atom stereocenters. The van der Waals surface area contributed by atoms with E-state index in [0.29, 0.717) is 22.2 Å². The van der Waals surface area contributed by atoms with Crippen LogP contribution in [0.15, 0.2) is 79.4 Å². The second kappa shape index (κ2) is 8.97. The van der Waals surface area contributed by atoms with Gasteiger partial charge >= 0.3 is 5.69 Å². The van der Waals surface area contributed by atoms with E-state index >= 15 is 0 Å². The van der Waals surface area contributed by atoms with E-state index in [9.17, 15) is 14.9 Å². The third-order valence-electron chi connectivity index (χ3n) is 5.23. The van der Waals surface area contributed by atoms with Crippen LogP contribution in [0.1, 0.15) is 5.56 Å². The number of nitro benzene ring substituents is 1. The minimum absolute atomic E-state index is 0.0416. The smallest absolute Gasteiger partial charge is 0.313 e. The molecule has 9 nitrogen and oxygen atoms in total. The molecule has 0 atom stereocenters. The van der Waals surface area contributed by atoms with Gasteiger partial charge in [0.15, 0.2) is 5.76 Å². The van der Waals surface area contributed by atoms with Crippen LogP contribution >= 0.6 is 27.5 Å². The summed E-state index contributed by atoms with van der Waals surface area (Å²) in [4.78, 5) is 28.9. The molecule has 5 aromatic rings. The lowest BCUT2D eigenvalue weighted by molar-refractivity contribution is -0.385.